The zero-order valence-corrected chi connectivity index (χ0v) is 21.3. The highest BCUT2D eigenvalue weighted by Crippen LogP contribution is 2.68. The number of aromatic carboxylic acids is 1. The second-order valence-corrected chi connectivity index (χ2v) is 12.8. The molecule has 0 unspecified atom stereocenters. The molecule has 5 rings (SSSR count). The van der Waals surface area contributed by atoms with Crippen LogP contribution in [0.4, 0.5) is 0 Å². The topological polar surface area (TPSA) is 103 Å². The van der Waals surface area contributed by atoms with Crippen LogP contribution in [-0.2, 0) is 16.6 Å². The number of allylic oxidation sites excluding steroid dienone is 2. The van der Waals surface area contributed by atoms with Gasteiger partial charge in [-0.25, -0.2) is 4.79 Å². The van der Waals surface area contributed by atoms with Crippen LogP contribution in [0, 0.1) is 40.4 Å². The number of rotatable bonds is 5. The lowest BCUT2D eigenvalue weighted by Gasteiger charge is -2.60. The Morgan fingerprint density at radius 3 is 2.56 bits per heavy atom. The molecule has 0 bridgehead atoms. The van der Waals surface area contributed by atoms with Crippen LogP contribution in [0.1, 0.15) is 101 Å². The van der Waals surface area contributed by atoms with E-state index < -0.39 is 11.9 Å². The Hall–Kier alpha value is -2.11. The predicted molar refractivity (Wildman–Crippen MR) is 130 cm³/mol. The normalized spacial score (nSPS) is 38.7. The molecule has 0 aliphatic heterocycles. The number of hydrogen-bond acceptors (Lipinski definition) is 3. The van der Waals surface area contributed by atoms with Crippen LogP contribution in [0.3, 0.4) is 0 Å². The van der Waals surface area contributed by atoms with Crippen LogP contribution < -0.4 is 0 Å². The first-order valence-corrected chi connectivity index (χ1v) is 13.1. The average molecular weight is 469 g/mol. The first kappa shape index (κ1) is 23.6. The molecule has 6 heteroatoms. The fourth-order valence-corrected chi connectivity index (χ4v) is 9.55. The number of aliphatic carboxylic acids is 1. The van der Waals surface area contributed by atoms with Gasteiger partial charge in [0, 0.05) is 23.1 Å². The first-order chi connectivity index (χ1) is 15.9. The largest absolute Gasteiger partial charge is 0.481 e. The third-order valence-corrected chi connectivity index (χ3v) is 11.0. The smallest absolute Gasteiger partial charge is 0.356 e. The van der Waals surface area contributed by atoms with Crippen molar-refractivity contribution in [1.29, 1.82) is 0 Å². The maximum Gasteiger partial charge on any atom is 0.356 e. The number of nitrogens with zero attached hydrogens (tertiary/aromatic N) is 1. The Balaban J connectivity index is 1.48. The molecular weight excluding hydrogens is 428 g/mol. The molecule has 4 aliphatic carbocycles. The molecule has 2 saturated carbocycles. The fourth-order valence-electron chi connectivity index (χ4n) is 9.55. The molecule has 186 valence electrons. The van der Waals surface area contributed by atoms with E-state index in [0.717, 1.165) is 30.5 Å². The van der Waals surface area contributed by atoms with Crippen LogP contribution >= 0.6 is 0 Å². The third-order valence-electron chi connectivity index (χ3n) is 11.0. The number of carbonyl (C=O) groups is 2. The minimum atomic E-state index is -0.943. The Kier molecular flexibility index (Phi) is 5.35. The maximum atomic E-state index is 11.9. The Morgan fingerprint density at radius 2 is 1.88 bits per heavy atom. The van der Waals surface area contributed by atoms with E-state index in [1.54, 1.807) is 0 Å². The van der Waals surface area contributed by atoms with Gasteiger partial charge in [-0.3, -0.25) is 9.89 Å². The monoisotopic (exact) mass is 468 g/mol. The van der Waals surface area contributed by atoms with E-state index in [1.807, 2.05) is 0 Å². The molecule has 1 aromatic heterocycles. The minimum absolute atomic E-state index is 0.0537. The number of fused-ring (bicyclic) bond motifs is 6. The SMILES string of the molecule is C[C@H](CCC(=O)O)[C@H]1CC[C@H]2[C@@H]3CC=C4C(C)(C)c5[nH]nc(C(=O)O)c5C[C@]4(C)[C@H]3CC[C@]12C. The van der Waals surface area contributed by atoms with Crippen molar-refractivity contribution in [1.82, 2.24) is 10.2 Å². The second kappa shape index (κ2) is 7.69. The molecule has 0 spiro atoms. The van der Waals surface area contributed by atoms with Crippen molar-refractivity contribution < 1.29 is 19.8 Å². The highest BCUT2D eigenvalue weighted by atomic mass is 16.4. The molecule has 0 amide bonds. The summed E-state index contributed by atoms with van der Waals surface area (Å²) in [4.78, 5) is 23.1. The summed E-state index contributed by atoms with van der Waals surface area (Å²) in [5.74, 6) is 1.22. The van der Waals surface area contributed by atoms with E-state index in [9.17, 15) is 19.8 Å². The van der Waals surface area contributed by atoms with Gasteiger partial charge in [0.1, 0.15) is 0 Å². The van der Waals surface area contributed by atoms with E-state index in [1.165, 1.54) is 31.3 Å². The maximum absolute atomic E-state index is 11.9. The van der Waals surface area contributed by atoms with Gasteiger partial charge in [0.25, 0.3) is 0 Å². The first-order valence-electron chi connectivity index (χ1n) is 13.1. The number of hydrogen-bond donors (Lipinski definition) is 3. The number of aromatic amines is 1. The van der Waals surface area contributed by atoms with Crippen molar-refractivity contribution in [3.63, 3.8) is 0 Å². The standard InChI is InChI=1S/C28H40N2O4/c1-15(6-11-22(31)32)18-8-9-19-16-7-10-21-26(2,3)24-17(23(25(33)34)29-30-24)14-28(21,5)20(16)12-13-27(18,19)4/h10,15-16,18-20H,6-9,11-14H2,1-5H3,(H,29,30)(H,31,32)(H,33,34)/t15-,16+,18-,19+,20+,27-,28-/m1/s1. The molecule has 6 nitrogen and oxygen atoms in total. The van der Waals surface area contributed by atoms with Gasteiger partial charge in [0.15, 0.2) is 5.69 Å². The summed E-state index contributed by atoms with van der Waals surface area (Å²) in [5.41, 5.74) is 3.50. The lowest BCUT2D eigenvalue weighted by atomic mass is 9.44. The molecule has 4 aliphatic rings. The molecule has 2 fully saturated rings. The summed E-state index contributed by atoms with van der Waals surface area (Å²) in [7, 11) is 0. The minimum Gasteiger partial charge on any atom is -0.481 e. The van der Waals surface area contributed by atoms with E-state index in [4.69, 9.17) is 0 Å². The van der Waals surface area contributed by atoms with Gasteiger partial charge in [-0.2, -0.15) is 5.10 Å². The molecule has 1 heterocycles. The van der Waals surface area contributed by atoms with Crippen LogP contribution in [0.2, 0.25) is 0 Å². The molecule has 7 atom stereocenters. The van der Waals surface area contributed by atoms with E-state index in [-0.39, 0.29) is 28.4 Å². The third kappa shape index (κ3) is 3.16. The van der Waals surface area contributed by atoms with Gasteiger partial charge >= 0.3 is 11.9 Å². The van der Waals surface area contributed by atoms with Crippen LogP contribution in [0.25, 0.3) is 0 Å². The fraction of sp³-hybridized carbons (Fsp3) is 0.750. The average Bonchev–Trinajstić information content (AvgIpc) is 3.33. The van der Waals surface area contributed by atoms with E-state index in [0.29, 0.717) is 29.6 Å². The van der Waals surface area contributed by atoms with Crippen molar-refractivity contribution >= 4 is 11.9 Å². The molecular formula is C28H40N2O4. The highest BCUT2D eigenvalue weighted by Gasteiger charge is 2.61. The Bertz CT molecular complexity index is 1050. The van der Waals surface area contributed by atoms with Crippen molar-refractivity contribution in [2.75, 3.05) is 0 Å². The van der Waals surface area contributed by atoms with Crippen LogP contribution in [0.15, 0.2) is 11.6 Å². The van der Waals surface area contributed by atoms with Gasteiger partial charge in [-0.1, -0.05) is 46.3 Å². The zero-order chi connectivity index (χ0) is 24.6. The lowest BCUT2D eigenvalue weighted by Crippen LogP contribution is -2.54. The zero-order valence-electron chi connectivity index (χ0n) is 21.3. The number of nitrogens with one attached hydrogen (secondary N) is 1. The van der Waals surface area contributed by atoms with E-state index >= 15 is 0 Å². The summed E-state index contributed by atoms with van der Waals surface area (Å²) in [5, 5.41) is 26.3. The summed E-state index contributed by atoms with van der Waals surface area (Å²) < 4.78 is 0. The number of carboxylic acids is 2. The highest BCUT2D eigenvalue weighted by molar-refractivity contribution is 5.88. The van der Waals surface area contributed by atoms with Gasteiger partial charge in [0.05, 0.1) is 0 Å². The van der Waals surface area contributed by atoms with Gasteiger partial charge in [-0.15, -0.1) is 0 Å². The number of aromatic nitrogens is 2. The van der Waals surface area contributed by atoms with Crippen molar-refractivity contribution in [2.45, 2.75) is 91.4 Å². The molecule has 0 saturated heterocycles. The number of carboxylic acid groups (broad SMARTS) is 2. The molecule has 34 heavy (non-hydrogen) atoms. The molecule has 1 aromatic rings. The van der Waals surface area contributed by atoms with Gasteiger partial charge < -0.3 is 10.2 Å². The quantitative estimate of drug-likeness (QED) is 0.471. The van der Waals surface area contributed by atoms with E-state index in [2.05, 4.69) is 50.9 Å². The summed E-state index contributed by atoms with van der Waals surface area (Å²) in [6.07, 6.45) is 10.2. The van der Waals surface area contributed by atoms with Gasteiger partial charge in [-0.05, 0) is 85.4 Å². The van der Waals surface area contributed by atoms with Crippen molar-refractivity contribution in [3.8, 4) is 0 Å². The summed E-state index contributed by atoms with van der Waals surface area (Å²) >= 11 is 0. The Morgan fingerprint density at radius 1 is 1.15 bits per heavy atom. The van der Waals surface area contributed by atoms with Crippen molar-refractivity contribution in [3.05, 3.63) is 28.6 Å². The molecule has 0 radical (unpaired) electrons. The van der Waals surface area contributed by atoms with Crippen LogP contribution in [0.5, 0.6) is 0 Å². The predicted octanol–water partition coefficient (Wildman–Crippen LogP) is 5.84. The molecule has 3 N–H and O–H groups in total. The summed E-state index contributed by atoms with van der Waals surface area (Å²) in [6, 6.07) is 0. The second-order valence-electron chi connectivity index (χ2n) is 12.8. The van der Waals surface area contributed by atoms with Gasteiger partial charge in [0.2, 0.25) is 0 Å². The lowest BCUT2D eigenvalue weighted by molar-refractivity contribution is -0.137. The van der Waals surface area contributed by atoms with Crippen molar-refractivity contribution in [2.24, 2.45) is 40.4 Å². The molecule has 0 aromatic carbocycles. The Labute approximate surface area is 202 Å². The summed E-state index contributed by atoms with van der Waals surface area (Å²) in [6.45, 7) is 11.6. The number of H-pyrrole nitrogens is 1. The van der Waals surface area contributed by atoms with Crippen LogP contribution in [-0.4, -0.2) is 32.3 Å².